The second-order valence-electron chi connectivity index (χ2n) is 6.17. The number of hydrazone groups is 1. The molecule has 0 spiro atoms. The maximum absolute atomic E-state index is 12.6. The van der Waals surface area contributed by atoms with E-state index in [0.717, 1.165) is 11.1 Å². The Labute approximate surface area is 168 Å². The Kier molecular flexibility index (Phi) is 6.37. The first-order valence-corrected chi connectivity index (χ1v) is 8.95. The lowest BCUT2D eigenvalue weighted by atomic mass is 10.1. The van der Waals surface area contributed by atoms with Crippen LogP contribution in [0.3, 0.4) is 0 Å². The van der Waals surface area contributed by atoms with Gasteiger partial charge in [-0.2, -0.15) is 5.10 Å². The summed E-state index contributed by atoms with van der Waals surface area (Å²) in [5.74, 6) is 5.25. The number of hydrogen-bond acceptors (Lipinski definition) is 6. The van der Waals surface area contributed by atoms with Gasteiger partial charge < -0.3 is 15.3 Å². The van der Waals surface area contributed by atoms with Gasteiger partial charge in [0.1, 0.15) is 17.2 Å². The summed E-state index contributed by atoms with van der Waals surface area (Å²) >= 11 is 0. The fraction of sp³-hybridized carbons (Fsp3) is 0.0870. The van der Waals surface area contributed by atoms with Crippen molar-refractivity contribution in [2.75, 3.05) is 6.61 Å². The van der Waals surface area contributed by atoms with Gasteiger partial charge in [-0.3, -0.25) is 9.59 Å². The van der Waals surface area contributed by atoms with Gasteiger partial charge in [-0.1, -0.05) is 54.6 Å². The summed E-state index contributed by atoms with van der Waals surface area (Å²) in [4.78, 5) is 23.9. The molecule has 0 saturated carbocycles. The molecule has 0 unspecified atom stereocenters. The Balaban J connectivity index is 1.69. The fourth-order valence-corrected chi connectivity index (χ4v) is 2.79. The van der Waals surface area contributed by atoms with Crippen molar-refractivity contribution in [1.29, 1.82) is 0 Å². The lowest BCUT2D eigenvalue weighted by Crippen LogP contribution is -2.25. The van der Waals surface area contributed by atoms with Gasteiger partial charge in [-0.25, -0.2) is 0 Å². The zero-order valence-electron chi connectivity index (χ0n) is 15.9. The van der Waals surface area contributed by atoms with Crippen LogP contribution < -0.4 is 15.3 Å². The SMILES string of the molecule is CC(=O)Oc1ccccc1/C(=N\N)C(=O)COc1ccc(-c2ccccc2)cc1. The minimum Gasteiger partial charge on any atom is -0.485 e. The molecule has 0 atom stereocenters. The molecule has 0 bridgehead atoms. The van der Waals surface area contributed by atoms with E-state index >= 15 is 0 Å². The molecule has 2 N–H and O–H groups in total. The smallest absolute Gasteiger partial charge is 0.308 e. The third-order valence-electron chi connectivity index (χ3n) is 4.12. The minimum absolute atomic E-state index is 0.0252. The van der Waals surface area contributed by atoms with Crippen molar-refractivity contribution in [3.05, 3.63) is 84.4 Å². The molecule has 6 heteroatoms. The van der Waals surface area contributed by atoms with Gasteiger partial charge in [0.15, 0.2) is 6.61 Å². The maximum atomic E-state index is 12.6. The van der Waals surface area contributed by atoms with Gasteiger partial charge in [-0.15, -0.1) is 0 Å². The van der Waals surface area contributed by atoms with Crippen LogP contribution in [0, 0.1) is 0 Å². The van der Waals surface area contributed by atoms with Crippen LogP contribution in [0.25, 0.3) is 11.1 Å². The van der Waals surface area contributed by atoms with E-state index in [9.17, 15) is 9.59 Å². The average Bonchev–Trinajstić information content (AvgIpc) is 2.74. The Bertz CT molecular complexity index is 1030. The van der Waals surface area contributed by atoms with Gasteiger partial charge in [0.05, 0.1) is 0 Å². The number of carbonyl (C=O) groups excluding carboxylic acids is 2. The third-order valence-corrected chi connectivity index (χ3v) is 4.12. The summed E-state index contributed by atoms with van der Waals surface area (Å²) in [6, 6.07) is 23.9. The van der Waals surface area contributed by atoms with E-state index in [2.05, 4.69) is 5.10 Å². The highest BCUT2D eigenvalue weighted by Crippen LogP contribution is 2.23. The fourth-order valence-electron chi connectivity index (χ4n) is 2.79. The van der Waals surface area contributed by atoms with Crippen molar-refractivity contribution in [3.63, 3.8) is 0 Å². The molecule has 0 aliphatic carbocycles. The number of Topliss-reactive ketones (excluding diaryl/α,β-unsaturated/α-hetero) is 1. The van der Waals surface area contributed by atoms with Crippen molar-refractivity contribution in [1.82, 2.24) is 0 Å². The monoisotopic (exact) mass is 388 g/mol. The van der Waals surface area contributed by atoms with Crippen LogP contribution in [0.15, 0.2) is 84.0 Å². The molecule has 146 valence electrons. The first kappa shape index (κ1) is 19.8. The van der Waals surface area contributed by atoms with Gasteiger partial charge in [0, 0.05) is 12.5 Å². The Morgan fingerprint density at radius 3 is 2.14 bits per heavy atom. The zero-order valence-corrected chi connectivity index (χ0v) is 15.9. The number of hydrogen-bond donors (Lipinski definition) is 1. The van der Waals surface area contributed by atoms with E-state index in [1.807, 2.05) is 42.5 Å². The number of nitrogens with zero attached hydrogens (tertiary/aromatic N) is 1. The molecule has 29 heavy (non-hydrogen) atoms. The van der Waals surface area contributed by atoms with Gasteiger partial charge in [0.2, 0.25) is 5.78 Å². The minimum atomic E-state index is -0.504. The van der Waals surface area contributed by atoms with Crippen LogP contribution in [0.4, 0.5) is 0 Å². The van der Waals surface area contributed by atoms with Gasteiger partial charge in [0.25, 0.3) is 0 Å². The lowest BCUT2D eigenvalue weighted by Gasteiger charge is -2.11. The second kappa shape index (κ2) is 9.32. The highest BCUT2D eigenvalue weighted by Gasteiger charge is 2.19. The van der Waals surface area contributed by atoms with E-state index in [4.69, 9.17) is 15.3 Å². The van der Waals surface area contributed by atoms with Gasteiger partial charge >= 0.3 is 5.97 Å². The molecule has 0 saturated heterocycles. The first-order valence-electron chi connectivity index (χ1n) is 8.95. The molecule has 0 heterocycles. The Morgan fingerprint density at radius 1 is 0.862 bits per heavy atom. The number of para-hydroxylation sites is 1. The highest BCUT2D eigenvalue weighted by atomic mass is 16.5. The van der Waals surface area contributed by atoms with Crippen LogP contribution in [-0.2, 0) is 9.59 Å². The lowest BCUT2D eigenvalue weighted by molar-refractivity contribution is -0.132. The summed E-state index contributed by atoms with van der Waals surface area (Å²) in [5.41, 5.74) is 2.44. The number of ketones is 1. The standard InChI is InChI=1S/C23H20N2O4/c1-16(26)29-22-10-6-5-9-20(22)23(25-24)21(27)15-28-19-13-11-18(12-14-19)17-7-3-2-4-8-17/h2-14H,15,24H2,1H3/b25-23+. The molecule has 0 aliphatic rings. The van der Waals surface area contributed by atoms with Crippen LogP contribution in [0.5, 0.6) is 11.5 Å². The zero-order chi connectivity index (χ0) is 20.6. The number of nitrogens with two attached hydrogens (primary N) is 1. The Morgan fingerprint density at radius 2 is 1.48 bits per heavy atom. The topological polar surface area (TPSA) is 91.0 Å². The number of esters is 1. The number of rotatable bonds is 7. The van der Waals surface area contributed by atoms with Crippen molar-refractivity contribution in [3.8, 4) is 22.6 Å². The summed E-state index contributed by atoms with van der Waals surface area (Å²) in [5, 5.41) is 3.59. The molecule has 0 aliphatic heterocycles. The third kappa shape index (κ3) is 5.07. The van der Waals surface area contributed by atoms with Crippen molar-refractivity contribution in [2.24, 2.45) is 10.9 Å². The van der Waals surface area contributed by atoms with E-state index in [0.29, 0.717) is 11.3 Å². The first-order chi connectivity index (χ1) is 14.1. The molecule has 0 aromatic heterocycles. The van der Waals surface area contributed by atoms with Crippen molar-refractivity contribution in [2.45, 2.75) is 6.92 Å². The highest BCUT2D eigenvalue weighted by molar-refractivity contribution is 6.47. The Hall–Kier alpha value is -3.93. The molecular formula is C23H20N2O4. The quantitative estimate of drug-likeness (QED) is 0.220. The largest absolute Gasteiger partial charge is 0.485 e. The molecule has 0 radical (unpaired) electrons. The van der Waals surface area contributed by atoms with E-state index in [1.54, 1.807) is 36.4 Å². The summed E-state index contributed by atoms with van der Waals surface area (Å²) in [7, 11) is 0. The maximum Gasteiger partial charge on any atom is 0.308 e. The van der Waals surface area contributed by atoms with Crippen LogP contribution in [-0.4, -0.2) is 24.1 Å². The van der Waals surface area contributed by atoms with Crippen LogP contribution in [0.2, 0.25) is 0 Å². The molecule has 3 rings (SSSR count). The predicted molar refractivity (Wildman–Crippen MR) is 111 cm³/mol. The van der Waals surface area contributed by atoms with Crippen LogP contribution >= 0.6 is 0 Å². The molecule has 6 nitrogen and oxygen atoms in total. The summed E-state index contributed by atoms with van der Waals surface area (Å²) in [6.45, 7) is 1.02. The predicted octanol–water partition coefficient (Wildman–Crippen LogP) is 3.59. The van der Waals surface area contributed by atoms with Crippen molar-refractivity contribution >= 4 is 17.5 Å². The summed E-state index contributed by atoms with van der Waals surface area (Å²) < 4.78 is 10.7. The number of carbonyl (C=O) groups is 2. The molecule has 0 amide bonds. The van der Waals surface area contributed by atoms with E-state index in [-0.39, 0.29) is 18.1 Å². The number of ether oxygens (including phenoxy) is 2. The van der Waals surface area contributed by atoms with Crippen molar-refractivity contribution < 1.29 is 19.1 Å². The molecule has 0 fully saturated rings. The normalized spacial score (nSPS) is 11.0. The molecular weight excluding hydrogens is 368 g/mol. The van der Waals surface area contributed by atoms with E-state index < -0.39 is 11.8 Å². The van der Waals surface area contributed by atoms with Crippen LogP contribution in [0.1, 0.15) is 12.5 Å². The average molecular weight is 388 g/mol. The van der Waals surface area contributed by atoms with Gasteiger partial charge in [-0.05, 0) is 35.4 Å². The second-order valence-corrected chi connectivity index (χ2v) is 6.17. The molecule has 3 aromatic carbocycles. The van der Waals surface area contributed by atoms with E-state index in [1.165, 1.54) is 6.92 Å². The number of benzene rings is 3. The molecule has 3 aromatic rings. The summed E-state index contributed by atoms with van der Waals surface area (Å²) in [6.07, 6.45) is 0.